The van der Waals surface area contributed by atoms with E-state index in [4.69, 9.17) is 0 Å². The van der Waals surface area contributed by atoms with Crippen LogP contribution < -0.4 is 15.1 Å². The maximum absolute atomic E-state index is 14.2. The van der Waals surface area contributed by atoms with Gasteiger partial charge in [-0.2, -0.15) is 0 Å². The monoisotopic (exact) mass is 713 g/mol. The molecule has 0 spiro atoms. The fourth-order valence-electron chi connectivity index (χ4n) is 9.43. The van der Waals surface area contributed by atoms with Crippen LogP contribution in [0.2, 0.25) is 0 Å². The van der Waals surface area contributed by atoms with Gasteiger partial charge in [-0.1, -0.05) is 110 Å². The molecule has 7 nitrogen and oxygen atoms in total. The summed E-state index contributed by atoms with van der Waals surface area (Å²) in [6.45, 7) is 8.48. The lowest BCUT2D eigenvalue weighted by molar-refractivity contribution is -0.123. The summed E-state index contributed by atoms with van der Waals surface area (Å²) in [5, 5.41) is 5.89. The van der Waals surface area contributed by atoms with Gasteiger partial charge in [-0.05, 0) is 71.2 Å². The number of aryl methyl sites for hydroxylation is 1. The standard InChI is InChI=1S/C42H39N3O4S2/c1-22-12-18-26(19-13-22)45-38(47)34-28-20-29(35(34)39(45)48)36-33(28)32(24-14-16-25(17-15-24)42(2,3)4)37-40(50-36)44(41(49)51-37)21-31(46)43-30-11-7-9-23-8-5-6-10-27(23)30/h5-19,28-29,32-36H,20-21H2,1-4H3,(H,43,46). The van der Waals surface area contributed by atoms with Crippen molar-refractivity contribution in [1.29, 1.82) is 0 Å². The molecule has 7 unspecified atom stereocenters. The Morgan fingerprint density at radius 1 is 0.843 bits per heavy atom. The van der Waals surface area contributed by atoms with Crippen LogP contribution in [-0.2, 0) is 26.3 Å². The minimum atomic E-state index is -0.378. The molecular formula is C42H39N3O4S2. The molecule has 1 N–H and O–H groups in total. The predicted octanol–water partition coefficient (Wildman–Crippen LogP) is 7.99. The van der Waals surface area contributed by atoms with Gasteiger partial charge in [0.25, 0.3) is 0 Å². The molecule has 2 saturated carbocycles. The number of carbonyl (C=O) groups excluding carboxylic acids is 3. The van der Waals surface area contributed by atoms with Crippen molar-refractivity contribution in [3.63, 3.8) is 0 Å². The van der Waals surface area contributed by atoms with E-state index < -0.39 is 0 Å². The van der Waals surface area contributed by atoms with Crippen molar-refractivity contribution in [3.05, 3.63) is 122 Å². The van der Waals surface area contributed by atoms with Gasteiger partial charge in [0.15, 0.2) is 0 Å². The molecule has 9 rings (SSSR count). The molecule has 9 heteroatoms. The first-order valence-corrected chi connectivity index (χ1v) is 19.4. The highest BCUT2D eigenvalue weighted by molar-refractivity contribution is 8.00. The number of hydrogen-bond donors (Lipinski definition) is 1. The number of carbonyl (C=O) groups is 3. The zero-order valence-corrected chi connectivity index (χ0v) is 30.6. The van der Waals surface area contributed by atoms with Crippen LogP contribution in [0.15, 0.2) is 101 Å². The molecule has 2 bridgehead atoms. The Balaban J connectivity index is 1.10. The van der Waals surface area contributed by atoms with Crippen molar-refractivity contribution < 1.29 is 14.4 Å². The van der Waals surface area contributed by atoms with Gasteiger partial charge in [-0.15, -0.1) is 11.8 Å². The summed E-state index contributed by atoms with van der Waals surface area (Å²) in [6.07, 6.45) is 0.814. The predicted molar refractivity (Wildman–Crippen MR) is 204 cm³/mol. The number of nitrogens with zero attached hydrogens (tertiary/aromatic N) is 2. The van der Waals surface area contributed by atoms with Crippen LogP contribution in [-0.4, -0.2) is 27.5 Å². The molecule has 1 aromatic heterocycles. The summed E-state index contributed by atoms with van der Waals surface area (Å²) in [4.78, 5) is 58.1. The van der Waals surface area contributed by atoms with E-state index in [1.54, 1.807) is 16.3 Å². The molecule has 3 amide bonds. The third kappa shape index (κ3) is 5.06. The maximum atomic E-state index is 14.2. The van der Waals surface area contributed by atoms with Gasteiger partial charge >= 0.3 is 4.87 Å². The molecule has 5 aromatic rings. The highest BCUT2D eigenvalue weighted by Gasteiger charge is 2.69. The highest BCUT2D eigenvalue weighted by Crippen LogP contribution is 2.69. The van der Waals surface area contributed by atoms with Crippen molar-refractivity contribution in [2.75, 3.05) is 10.2 Å². The van der Waals surface area contributed by atoms with Gasteiger partial charge in [-0.3, -0.25) is 28.6 Å². The summed E-state index contributed by atoms with van der Waals surface area (Å²) >= 11 is 2.88. The number of thiazole rings is 1. The van der Waals surface area contributed by atoms with Crippen LogP contribution in [0.5, 0.6) is 0 Å². The van der Waals surface area contributed by atoms with Crippen LogP contribution in [0.3, 0.4) is 0 Å². The van der Waals surface area contributed by atoms with E-state index in [-0.39, 0.29) is 75.3 Å². The van der Waals surface area contributed by atoms with Crippen LogP contribution in [0.1, 0.15) is 54.7 Å². The van der Waals surface area contributed by atoms with E-state index >= 15 is 0 Å². The first kappa shape index (κ1) is 32.4. The molecule has 2 aliphatic carbocycles. The van der Waals surface area contributed by atoms with E-state index in [0.717, 1.165) is 38.2 Å². The highest BCUT2D eigenvalue weighted by atomic mass is 32.2. The molecule has 4 aromatic carbocycles. The Kier molecular flexibility index (Phi) is 7.50. The normalized spacial score (nSPS) is 26.4. The van der Waals surface area contributed by atoms with Crippen molar-refractivity contribution in [1.82, 2.24) is 4.57 Å². The Labute approximate surface area is 305 Å². The number of aromatic nitrogens is 1. The first-order valence-electron chi connectivity index (χ1n) is 17.7. The average molecular weight is 714 g/mol. The number of imide groups is 1. The van der Waals surface area contributed by atoms with Gasteiger partial charge in [0.1, 0.15) is 6.54 Å². The Bertz CT molecular complexity index is 2300. The van der Waals surface area contributed by atoms with Crippen LogP contribution in [0, 0.1) is 36.5 Å². The quantitative estimate of drug-likeness (QED) is 0.187. The molecule has 1 saturated heterocycles. The fourth-order valence-corrected chi connectivity index (χ4v) is 12.6. The number of fused-ring (bicyclic) bond motifs is 10. The third-order valence-electron chi connectivity index (χ3n) is 11.7. The SMILES string of the molecule is Cc1ccc(N2C(=O)C3C4CC(C3C2=O)C2C(c3ccc(C(C)(C)C)cc3)c3sc(=O)n(CC(=O)Nc5cccc6ccccc56)c3SC42)cc1. The number of anilines is 2. The van der Waals surface area contributed by atoms with Crippen LogP contribution >= 0.6 is 23.1 Å². The van der Waals surface area contributed by atoms with Crippen molar-refractivity contribution >= 4 is 63.0 Å². The van der Waals surface area contributed by atoms with Crippen molar-refractivity contribution in [3.8, 4) is 0 Å². The van der Waals surface area contributed by atoms with Crippen molar-refractivity contribution in [2.24, 2.45) is 29.6 Å². The number of rotatable bonds is 5. The van der Waals surface area contributed by atoms with Crippen LogP contribution in [0.25, 0.3) is 10.8 Å². The number of amides is 3. The topological polar surface area (TPSA) is 88.5 Å². The Morgan fingerprint density at radius 2 is 1.53 bits per heavy atom. The van der Waals surface area contributed by atoms with E-state index in [1.807, 2.05) is 73.7 Å². The molecule has 51 heavy (non-hydrogen) atoms. The van der Waals surface area contributed by atoms with Gasteiger partial charge in [-0.25, -0.2) is 0 Å². The smallest absolute Gasteiger partial charge is 0.308 e. The second-order valence-corrected chi connectivity index (χ2v) is 17.8. The number of hydrogen-bond acceptors (Lipinski definition) is 6. The molecular weight excluding hydrogens is 675 g/mol. The lowest BCUT2D eigenvalue weighted by Crippen LogP contribution is -2.43. The summed E-state index contributed by atoms with van der Waals surface area (Å²) < 4.78 is 1.64. The van der Waals surface area contributed by atoms with E-state index in [2.05, 4.69) is 50.4 Å². The van der Waals surface area contributed by atoms with Crippen molar-refractivity contribution in [2.45, 2.75) is 62.3 Å². The number of nitrogens with one attached hydrogen (secondary N) is 1. The lowest BCUT2D eigenvalue weighted by atomic mass is 9.68. The zero-order valence-electron chi connectivity index (χ0n) is 29.0. The molecule has 4 aliphatic rings. The van der Waals surface area contributed by atoms with Crippen LogP contribution in [0.4, 0.5) is 11.4 Å². The minimum absolute atomic E-state index is 0.000594. The van der Waals surface area contributed by atoms with E-state index in [0.29, 0.717) is 11.4 Å². The summed E-state index contributed by atoms with van der Waals surface area (Å²) in [5.41, 5.74) is 4.74. The second-order valence-electron chi connectivity index (χ2n) is 15.7. The molecule has 258 valence electrons. The van der Waals surface area contributed by atoms with Gasteiger partial charge < -0.3 is 5.32 Å². The summed E-state index contributed by atoms with van der Waals surface area (Å²) in [5.74, 6) is -1.22. The minimum Gasteiger partial charge on any atom is -0.324 e. The fraction of sp³-hybridized carbons (Fsp3) is 0.333. The van der Waals surface area contributed by atoms with Gasteiger partial charge in [0.05, 0.1) is 22.5 Å². The summed E-state index contributed by atoms with van der Waals surface area (Å²) in [6, 6.07) is 30.1. The molecule has 3 fully saturated rings. The molecule has 2 aliphatic heterocycles. The van der Waals surface area contributed by atoms with E-state index in [1.165, 1.54) is 21.8 Å². The summed E-state index contributed by atoms with van der Waals surface area (Å²) in [7, 11) is 0. The molecule has 0 radical (unpaired) electrons. The molecule has 7 atom stereocenters. The lowest BCUT2D eigenvalue weighted by Gasteiger charge is -2.43. The van der Waals surface area contributed by atoms with Gasteiger partial charge in [0, 0.05) is 27.1 Å². The largest absolute Gasteiger partial charge is 0.324 e. The van der Waals surface area contributed by atoms with E-state index in [9.17, 15) is 19.2 Å². The maximum Gasteiger partial charge on any atom is 0.308 e. The van der Waals surface area contributed by atoms with Gasteiger partial charge in [0.2, 0.25) is 17.7 Å². The second kappa shape index (κ2) is 11.8. The number of thioether (sulfide) groups is 1. The number of benzene rings is 4. The Hall–Kier alpha value is -4.47. The zero-order chi connectivity index (χ0) is 35.3. The Morgan fingerprint density at radius 3 is 2.25 bits per heavy atom. The average Bonchev–Trinajstić information content (AvgIpc) is 3.83. The first-order chi connectivity index (χ1) is 24.5. The third-order valence-corrected chi connectivity index (χ3v) is 14.5. The molecule has 3 heterocycles.